The normalized spacial score (nSPS) is 22.6. The Kier molecular flexibility index (Phi) is 11.8. The molecule has 0 saturated carbocycles. The predicted octanol–water partition coefficient (Wildman–Crippen LogP) is 5.95. The Bertz CT molecular complexity index is 943. The minimum Gasteiger partial charge on any atom is -0.374 e. The lowest BCUT2D eigenvalue weighted by Gasteiger charge is -2.42. The zero-order chi connectivity index (χ0) is 25.8. The number of ketones is 1. The Balaban J connectivity index is 1.85. The number of ether oxygens (including phenoxy) is 3. The highest BCUT2D eigenvalue weighted by molar-refractivity contribution is 7.55. The number of Topliss-reactive ketones (excluding diaryl/α,β-unsaturated/α-hetero) is 1. The average Bonchev–Trinajstić information content (AvgIpc) is 2.88. The topological polar surface area (TPSA) is 80.3 Å². The third-order valence-electron chi connectivity index (χ3n) is 6.08. The molecule has 1 aliphatic rings. The lowest BCUT2D eigenvalue weighted by Crippen LogP contribution is -2.57. The van der Waals surface area contributed by atoms with Crippen molar-refractivity contribution in [1.29, 1.82) is 0 Å². The van der Waals surface area contributed by atoms with Gasteiger partial charge in [-0.05, 0) is 31.4 Å². The van der Waals surface area contributed by atoms with Gasteiger partial charge in [0.25, 0.3) is 0 Å². The summed E-state index contributed by atoms with van der Waals surface area (Å²) in [5.74, 6) is -0.308. The second-order valence-electron chi connectivity index (χ2n) is 8.80. The fourth-order valence-corrected chi connectivity index (χ4v) is 6.60. The van der Waals surface area contributed by atoms with Crippen LogP contribution in [0.2, 0.25) is 0 Å². The average molecular weight is 519 g/mol. The molecule has 0 bridgehead atoms. The molecule has 198 valence electrons. The van der Waals surface area contributed by atoms with Gasteiger partial charge in [-0.15, -0.1) is 0 Å². The zero-order valence-electron chi connectivity index (χ0n) is 21.5. The summed E-state index contributed by atoms with van der Waals surface area (Å²) in [5.41, 5.74) is 0.908. The van der Waals surface area contributed by atoms with Crippen LogP contribution in [0.5, 0.6) is 0 Å². The highest BCUT2D eigenvalue weighted by Gasteiger charge is 2.55. The van der Waals surface area contributed by atoms with Crippen LogP contribution in [0.15, 0.2) is 60.7 Å². The van der Waals surface area contributed by atoms with E-state index in [1.165, 1.54) is 0 Å². The molecule has 2 aromatic carbocycles. The van der Waals surface area contributed by atoms with Crippen LogP contribution in [-0.2, 0) is 45.8 Å². The Morgan fingerprint density at radius 3 is 1.97 bits per heavy atom. The molecule has 36 heavy (non-hydrogen) atoms. The molecule has 7 nitrogen and oxygen atoms in total. The summed E-state index contributed by atoms with van der Waals surface area (Å²) in [7, 11) is -3.78. The first-order valence-electron chi connectivity index (χ1n) is 12.9. The monoisotopic (exact) mass is 518 g/mol. The van der Waals surface area contributed by atoms with Gasteiger partial charge < -0.3 is 23.3 Å². The lowest BCUT2D eigenvalue weighted by atomic mass is 9.95. The van der Waals surface area contributed by atoms with Crippen molar-refractivity contribution in [2.75, 3.05) is 19.8 Å². The number of hydrogen-bond acceptors (Lipinski definition) is 7. The maximum atomic E-state index is 14.0. The van der Waals surface area contributed by atoms with Gasteiger partial charge in [-0.25, -0.2) is 0 Å². The first kappa shape index (κ1) is 28.7. The molecular formula is C28H39O7P. The van der Waals surface area contributed by atoms with Gasteiger partial charge in [0.1, 0.15) is 17.9 Å². The van der Waals surface area contributed by atoms with Crippen LogP contribution in [0.4, 0.5) is 0 Å². The minimum atomic E-state index is -3.78. The molecule has 0 radical (unpaired) electrons. The van der Waals surface area contributed by atoms with Gasteiger partial charge in [-0.2, -0.15) is 0 Å². The van der Waals surface area contributed by atoms with Crippen LogP contribution in [0.1, 0.15) is 51.2 Å². The molecule has 1 heterocycles. The number of benzene rings is 2. The van der Waals surface area contributed by atoms with E-state index in [1.807, 2.05) is 60.7 Å². The van der Waals surface area contributed by atoms with E-state index in [4.69, 9.17) is 23.3 Å². The Morgan fingerprint density at radius 2 is 1.42 bits per heavy atom. The van der Waals surface area contributed by atoms with Crippen LogP contribution in [0, 0.1) is 0 Å². The van der Waals surface area contributed by atoms with Gasteiger partial charge in [0, 0.05) is 0 Å². The third-order valence-corrected chi connectivity index (χ3v) is 8.58. The van der Waals surface area contributed by atoms with Crippen molar-refractivity contribution >= 4 is 13.4 Å². The second kappa shape index (κ2) is 14.8. The van der Waals surface area contributed by atoms with Crippen molar-refractivity contribution in [2.24, 2.45) is 0 Å². The molecule has 0 amide bonds. The molecule has 0 unspecified atom stereocenters. The number of carbonyl (C=O) groups is 1. The standard InChI is InChI=1S/C28H39O7P/c1-4-7-18-24-28(36(30,33-5-2)34-6-3)26(29)27(32-20-23-16-12-9-13-17-23)25(35-24)21-31-19-22-14-10-8-11-15-22/h8-17,24-25,27-28H,4-7,18-21H2,1-3H3/t24-,25-,27-,28-/m1/s1. The highest BCUT2D eigenvalue weighted by atomic mass is 31.2. The van der Waals surface area contributed by atoms with Gasteiger partial charge in [0.2, 0.25) is 0 Å². The van der Waals surface area contributed by atoms with E-state index in [0.717, 1.165) is 24.0 Å². The fraction of sp³-hybridized carbons (Fsp3) is 0.536. The van der Waals surface area contributed by atoms with Crippen LogP contribution in [0.3, 0.4) is 0 Å². The summed E-state index contributed by atoms with van der Waals surface area (Å²) in [4.78, 5) is 14.0. The van der Waals surface area contributed by atoms with E-state index in [9.17, 15) is 9.36 Å². The smallest absolute Gasteiger partial charge is 0.343 e. The maximum Gasteiger partial charge on any atom is 0.343 e. The van der Waals surface area contributed by atoms with E-state index < -0.39 is 31.6 Å². The van der Waals surface area contributed by atoms with Crippen molar-refractivity contribution in [1.82, 2.24) is 0 Å². The largest absolute Gasteiger partial charge is 0.374 e. The van der Waals surface area contributed by atoms with E-state index in [1.54, 1.807) is 13.8 Å². The molecular weight excluding hydrogens is 479 g/mol. The van der Waals surface area contributed by atoms with Gasteiger partial charge in [-0.3, -0.25) is 9.36 Å². The van der Waals surface area contributed by atoms with Crippen molar-refractivity contribution < 1.29 is 32.6 Å². The summed E-state index contributed by atoms with van der Waals surface area (Å²) >= 11 is 0. The SMILES string of the molecule is CCCC[C@H]1O[C@H](COCc2ccccc2)[C@@H](OCc2ccccc2)C(=O)[C@@H]1P(=O)(OCC)OCC. The van der Waals surface area contributed by atoms with Crippen molar-refractivity contribution in [3.05, 3.63) is 71.8 Å². The van der Waals surface area contributed by atoms with Crippen molar-refractivity contribution in [3.63, 3.8) is 0 Å². The van der Waals surface area contributed by atoms with Gasteiger partial charge >= 0.3 is 7.60 Å². The Hall–Kier alpha value is -1.86. The van der Waals surface area contributed by atoms with E-state index in [2.05, 4.69) is 6.92 Å². The van der Waals surface area contributed by atoms with Gasteiger partial charge in [0.15, 0.2) is 5.78 Å². The molecule has 0 N–H and O–H groups in total. The van der Waals surface area contributed by atoms with Gasteiger partial charge in [0.05, 0.1) is 39.1 Å². The summed E-state index contributed by atoms with van der Waals surface area (Å²) in [6, 6.07) is 19.4. The van der Waals surface area contributed by atoms with Crippen LogP contribution >= 0.6 is 7.60 Å². The van der Waals surface area contributed by atoms with Crippen LogP contribution < -0.4 is 0 Å². The summed E-state index contributed by atoms with van der Waals surface area (Å²) < 4.78 is 43.6. The number of carbonyl (C=O) groups excluding carboxylic acids is 1. The molecule has 4 atom stereocenters. The quantitative estimate of drug-likeness (QED) is 0.270. The summed E-state index contributed by atoms with van der Waals surface area (Å²) in [6.07, 6.45) is 0.0932. The Morgan fingerprint density at radius 1 is 0.833 bits per heavy atom. The Labute approximate surface area is 215 Å². The first-order valence-corrected chi connectivity index (χ1v) is 14.5. The zero-order valence-corrected chi connectivity index (χ0v) is 22.4. The summed E-state index contributed by atoms with van der Waals surface area (Å²) in [5, 5.41) is 0. The number of unbranched alkanes of at least 4 members (excludes halogenated alkanes) is 1. The molecule has 0 aromatic heterocycles. The van der Waals surface area contributed by atoms with Crippen molar-refractivity contribution in [3.8, 4) is 0 Å². The molecule has 0 spiro atoms. The number of hydrogen-bond donors (Lipinski definition) is 0. The van der Waals surface area contributed by atoms with Crippen LogP contribution in [-0.4, -0.2) is 49.6 Å². The van der Waals surface area contributed by atoms with E-state index in [-0.39, 0.29) is 32.2 Å². The summed E-state index contributed by atoms with van der Waals surface area (Å²) in [6.45, 7) is 6.66. The predicted molar refractivity (Wildman–Crippen MR) is 139 cm³/mol. The fourth-order valence-electron chi connectivity index (χ4n) is 4.40. The molecule has 1 aliphatic heterocycles. The molecule has 0 aliphatic carbocycles. The number of rotatable bonds is 15. The third kappa shape index (κ3) is 7.82. The lowest BCUT2D eigenvalue weighted by molar-refractivity contribution is -0.179. The first-order chi connectivity index (χ1) is 17.5. The molecule has 1 fully saturated rings. The highest BCUT2D eigenvalue weighted by Crippen LogP contribution is 2.57. The van der Waals surface area contributed by atoms with E-state index in [0.29, 0.717) is 13.0 Å². The molecule has 3 rings (SSSR count). The van der Waals surface area contributed by atoms with Crippen molar-refractivity contribution in [2.45, 2.75) is 77.2 Å². The van der Waals surface area contributed by atoms with Gasteiger partial charge in [-0.1, -0.05) is 80.4 Å². The molecule has 1 saturated heterocycles. The van der Waals surface area contributed by atoms with Crippen LogP contribution in [0.25, 0.3) is 0 Å². The maximum absolute atomic E-state index is 14.0. The minimum absolute atomic E-state index is 0.167. The molecule has 2 aromatic rings. The molecule has 8 heteroatoms. The van der Waals surface area contributed by atoms with E-state index >= 15 is 0 Å². The second-order valence-corrected chi connectivity index (χ2v) is 10.9.